The number of rotatable bonds is 2. The molecule has 1 N–H and O–H groups in total. The van der Waals surface area contributed by atoms with Gasteiger partial charge in [-0.1, -0.05) is 30.3 Å². The Morgan fingerprint density at radius 1 is 1.00 bits per heavy atom. The van der Waals surface area contributed by atoms with Crippen LogP contribution in [0.3, 0.4) is 0 Å². The second-order valence-electron chi connectivity index (χ2n) is 5.41. The van der Waals surface area contributed by atoms with Crippen LogP contribution in [0, 0.1) is 6.92 Å². The van der Waals surface area contributed by atoms with Gasteiger partial charge in [0, 0.05) is 14.1 Å². The second-order valence-corrected chi connectivity index (χ2v) is 5.41. The van der Waals surface area contributed by atoms with Crippen LogP contribution in [0.15, 0.2) is 47.3 Å². The highest BCUT2D eigenvalue weighted by Crippen LogP contribution is 2.26. The summed E-state index contributed by atoms with van der Waals surface area (Å²) in [4.78, 5) is 12.0. The van der Waals surface area contributed by atoms with Crippen LogP contribution < -0.4 is 5.69 Å². The molecule has 0 radical (unpaired) electrons. The molecule has 108 valence electrons. The van der Waals surface area contributed by atoms with Crippen molar-refractivity contribution < 1.29 is 5.11 Å². The Hall–Kier alpha value is -2.33. The third kappa shape index (κ3) is 2.08. The summed E-state index contributed by atoms with van der Waals surface area (Å²) in [6.45, 7) is 1.98. The zero-order chi connectivity index (χ0) is 15.1. The van der Waals surface area contributed by atoms with Crippen LogP contribution in [0.25, 0.3) is 11.0 Å². The maximum absolute atomic E-state index is 12.0. The lowest BCUT2D eigenvalue weighted by Gasteiger charge is -2.14. The fourth-order valence-corrected chi connectivity index (χ4v) is 2.77. The highest BCUT2D eigenvalue weighted by molar-refractivity contribution is 5.77. The maximum atomic E-state index is 12.0. The average molecular weight is 282 g/mol. The van der Waals surface area contributed by atoms with Crippen LogP contribution in [0.2, 0.25) is 0 Å². The van der Waals surface area contributed by atoms with E-state index in [9.17, 15) is 9.90 Å². The number of hydrogen-bond donors (Lipinski definition) is 1. The molecular weight excluding hydrogens is 264 g/mol. The van der Waals surface area contributed by atoms with Gasteiger partial charge in [0.25, 0.3) is 0 Å². The zero-order valence-electron chi connectivity index (χ0n) is 12.4. The fourth-order valence-electron chi connectivity index (χ4n) is 2.77. The third-order valence-corrected chi connectivity index (χ3v) is 4.09. The van der Waals surface area contributed by atoms with E-state index in [-0.39, 0.29) is 5.69 Å². The summed E-state index contributed by atoms with van der Waals surface area (Å²) >= 11 is 0. The highest BCUT2D eigenvalue weighted by atomic mass is 16.3. The van der Waals surface area contributed by atoms with E-state index < -0.39 is 6.10 Å². The Morgan fingerprint density at radius 2 is 1.67 bits per heavy atom. The molecule has 21 heavy (non-hydrogen) atoms. The van der Waals surface area contributed by atoms with Crippen molar-refractivity contribution in [3.63, 3.8) is 0 Å². The molecule has 4 nitrogen and oxygen atoms in total. The van der Waals surface area contributed by atoms with Crippen LogP contribution in [0.5, 0.6) is 0 Å². The van der Waals surface area contributed by atoms with Crippen LogP contribution in [-0.2, 0) is 14.1 Å². The first-order chi connectivity index (χ1) is 10.0. The van der Waals surface area contributed by atoms with Gasteiger partial charge in [0.1, 0.15) is 6.10 Å². The Kier molecular flexibility index (Phi) is 3.18. The molecule has 1 atom stereocenters. The zero-order valence-corrected chi connectivity index (χ0v) is 12.4. The number of hydrogen-bond acceptors (Lipinski definition) is 2. The first-order valence-corrected chi connectivity index (χ1v) is 6.89. The van der Waals surface area contributed by atoms with Crippen molar-refractivity contribution in [1.82, 2.24) is 9.13 Å². The molecule has 1 unspecified atom stereocenters. The van der Waals surface area contributed by atoms with Crippen LogP contribution in [0.1, 0.15) is 22.8 Å². The van der Waals surface area contributed by atoms with Gasteiger partial charge < -0.3 is 5.11 Å². The Labute approximate surface area is 122 Å². The van der Waals surface area contributed by atoms with Gasteiger partial charge in [0.05, 0.1) is 11.0 Å². The van der Waals surface area contributed by atoms with E-state index in [0.717, 1.165) is 27.7 Å². The van der Waals surface area contributed by atoms with Gasteiger partial charge in [-0.3, -0.25) is 9.13 Å². The smallest absolute Gasteiger partial charge is 0.328 e. The molecule has 1 aromatic heterocycles. The number of benzene rings is 2. The van der Waals surface area contributed by atoms with Crippen molar-refractivity contribution in [2.45, 2.75) is 13.0 Å². The first-order valence-electron chi connectivity index (χ1n) is 6.89. The molecule has 3 rings (SSSR count). The van der Waals surface area contributed by atoms with Gasteiger partial charge in [-0.25, -0.2) is 4.79 Å². The largest absolute Gasteiger partial charge is 0.384 e. The van der Waals surface area contributed by atoms with E-state index in [0.29, 0.717) is 0 Å². The van der Waals surface area contributed by atoms with E-state index in [2.05, 4.69) is 0 Å². The summed E-state index contributed by atoms with van der Waals surface area (Å²) in [5.74, 6) is 0. The van der Waals surface area contributed by atoms with E-state index in [1.807, 2.05) is 49.4 Å². The number of fused-ring (bicyclic) bond motifs is 1. The molecule has 0 aliphatic carbocycles. The predicted molar refractivity (Wildman–Crippen MR) is 83.4 cm³/mol. The molecule has 0 fully saturated rings. The Balaban J connectivity index is 2.16. The summed E-state index contributed by atoms with van der Waals surface area (Å²) in [6, 6.07) is 13.4. The highest BCUT2D eigenvalue weighted by Gasteiger charge is 2.15. The molecule has 0 saturated carbocycles. The van der Waals surface area contributed by atoms with Gasteiger partial charge >= 0.3 is 5.69 Å². The predicted octanol–water partition coefficient (Wildman–Crippen LogP) is 2.27. The van der Waals surface area contributed by atoms with Gasteiger partial charge in [-0.15, -0.1) is 0 Å². The van der Waals surface area contributed by atoms with Crippen LogP contribution >= 0.6 is 0 Å². The SMILES string of the molecule is Cc1ccccc1C(O)c1ccc2c(c1)n(C)c(=O)n2C. The fraction of sp³-hybridized carbons (Fsp3) is 0.235. The van der Waals surface area contributed by atoms with Crippen molar-refractivity contribution in [2.24, 2.45) is 14.1 Å². The quantitative estimate of drug-likeness (QED) is 0.784. The number of aryl methyl sites for hydroxylation is 3. The molecular formula is C17H18N2O2. The van der Waals surface area contributed by atoms with Crippen LogP contribution in [0.4, 0.5) is 0 Å². The van der Waals surface area contributed by atoms with Gasteiger partial charge in [-0.05, 0) is 35.7 Å². The lowest BCUT2D eigenvalue weighted by atomic mass is 9.97. The molecule has 0 aliphatic rings. The standard InChI is InChI=1S/C17H18N2O2/c1-11-6-4-5-7-13(11)16(20)12-8-9-14-15(10-12)19(3)17(21)18(14)2/h4-10,16,20H,1-3H3. The number of aliphatic hydroxyl groups excluding tert-OH is 1. The molecule has 0 bridgehead atoms. The maximum Gasteiger partial charge on any atom is 0.328 e. The number of nitrogens with zero attached hydrogens (tertiary/aromatic N) is 2. The number of imidazole rings is 1. The van der Waals surface area contributed by atoms with E-state index >= 15 is 0 Å². The lowest BCUT2D eigenvalue weighted by molar-refractivity contribution is 0.219. The topological polar surface area (TPSA) is 47.2 Å². The minimum absolute atomic E-state index is 0.0625. The third-order valence-electron chi connectivity index (χ3n) is 4.09. The normalized spacial score (nSPS) is 12.8. The van der Waals surface area contributed by atoms with Crippen LogP contribution in [-0.4, -0.2) is 14.2 Å². The molecule has 2 aromatic carbocycles. The molecule has 0 aliphatic heterocycles. The second kappa shape index (κ2) is 4.90. The summed E-state index contributed by atoms with van der Waals surface area (Å²) in [7, 11) is 3.50. The minimum atomic E-state index is -0.689. The monoisotopic (exact) mass is 282 g/mol. The average Bonchev–Trinajstić information content (AvgIpc) is 2.71. The van der Waals surface area contributed by atoms with Gasteiger partial charge in [0.2, 0.25) is 0 Å². The van der Waals surface area contributed by atoms with E-state index in [1.165, 1.54) is 0 Å². The first kappa shape index (κ1) is 13.6. The molecule has 0 amide bonds. The number of aromatic nitrogens is 2. The van der Waals surface area contributed by atoms with E-state index in [1.54, 1.807) is 23.2 Å². The summed E-state index contributed by atoms with van der Waals surface area (Å²) in [6.07, 6.45) is -0.689. The Bertz CT molecular complexity index is 874. The van der Waals surface area contributed by atoms with Crippen molar-refractivity contribution in [2.75, 3.05) is 0 Å². The summed E-state index contributed by atoms with van der Waals surface area (Å²) in [5, 5.41) is 10.6. The summed E-state index contributed by atoms with van der Waals surface area (Å²) < 4.78 is 3.21. The molecule has 3 aromatic rings. The lowest BCUT2D eigenvalue weighted by Crippen LogP contribution is -2.19. The minimum Gasteiger partial charge on any atom is -0.384 e. The molecule has 0 saturated heterocycles. The molecule has 0 spiro atoms. The Morgan fingerprint density at radius 3 is 2.38 bits per heavy atom. The van der Waals surface area contributed by atoms with Crippen molar-refractivity contribution in [3.8, 4) is 0 Å². The van der Waals surface area contributed by atoms with Gasteiger partial charge in [0.15, 0.2) is 0 Å². The van der Waals surface area contributed by atoms with Gasteiger partial charge in [-0.2, -0.15) is 0 Å². The van der Waals surface area contributed by atoms with Crippen molar-refractivity contribution in [1.29, 1.82) is 0 Å². The van der Waals surface area contributed by atoms with Crippen molar-refractivity contribution >= 4 is 11.0 Å². The molecule has 4 heteroatoms. The molecule has 1 heterocycles. The number of aliphatic hydroxyl groups is 1. The summed E-state index contributed by atoms with van der Waals surface area (Å²) in [5.41, 5.74) is 4.35. The van der Waals surface area contributed by atoms with E-state index in [4.69, 9.17) is 0 Å². The van der Waals surface area contributed by atoms with Crippen molar-refractivity contribution in [3.05, 3.63) is 69.6 Å².